The molecule has 2 aromatic heterocycles. The number of anilines is 1. The van der Waals surface area contributed by atoms with E-state index in [1.807, 2.05) is 12.1 Å². The summed E-state index contributed by atoms with van der Waals surface area (Å²) >= 11 is 5.70. The molecule has 0 radical (unpaired) electrons. The lowest BCUT2D eigenvalue weighted by molar-refractivity contribution is 0.628. The molecular formula is C14H10ClFN4. The van der Waals surface area contributed by atoms with Crippen LogP contribution in [-0.2, 0) is 0 Å². The Morgan fingerprint density at radius 3 is 2.55 bits per heavy atom. The predicted octanol–water partition coefficient (Wildman–Crippen LogP) is 3.51. The maximum atomic E-state index is 13.6. The molecule has 0 amide bonds. The molecule has 0 fully saturated rings. The van der Waals surface area contributed by atoms with E-state index in [2.05, 4.69) is 15.2 Å². The number of nitrogens with zero attached hydrogens (tertiary/aromatic N) is 2. The number of H-pyrrole nitrogens is 1. The molecule has 3 rings (SSSR count). The first kappa shape index (κ1) is 12.6. The lowest BCUT2D eigenvalue weighted by atomic mass is 10.0. The second kappa shape index (κ2) is 4.94. The van der Waals surface area contributed by atoms with Crippen LogP contribution >= 0.6 is 11.6 Å². The lowest BCUT2D eigenvalue weighted by Gasteiger charge is -2.05. The van der Waals surface area contributed by atoms with E-state index in [1.165, 1.54) is 12.1 Å². The summed E-state index contributed by atoms with van der Waals surface area (Å²) in [6, 6.07) is 8.19. The van der Waals surface area contributed by atoms with Gasteiger partial charge in [0.05, 0.1) is 16.3 Å². The Balaban J connectivity index is 2.18. The van der Waals surface area contributed by atoms with Gasteiger partial charge in [0.15, 0.2) is 5.82 Å². The van der Waals surface area contributed by atoms with E-state index in [0.717, 1.165) is 5.56 Å². The van der Waals surface area contributed by atoms with Gasteiger partial charge in [-0.15, -0.1) is 0 Å². The van der Waals surface area contributed by atoms with Gasteiger partial charge in [-0.2, -0.15) is 5.10 Å². The Morgan fingerprint density at radius 2 is 1.85 bits per heavy atom. The molecule has 100 valence electrons. The Morgan fingerprint density at radius 1 is 1.10 bits per heavy atom. The first-order valence-electron chi connectivity index (χ1n) is 5.86. The number of hydrogen-bond donors (Lipinski definition) is 2. The smallest absolute Gasteiger partial charge is 0.153 e. The molecule has 6 heteroatoms. The highest BCUT2D eigenvalue weighted by Gasteiger charge is 2.15. The van der Waals surface area contributed by atoms with Crippen LogP contribution in [0.5, 0.6) is 0 Å². The summed E-state index contributed by atoms with van der Waals surface area (Å²) in [4.78, 5) is 3.96. The minimum Gasteiger partial charge on any atom is -0.382 e. The highest BCUT2D eigenvalue weighted by atomic mass is 35.5. The minimum absolute atomic E-state index is 0.0756. The number of hydrogen-bond acceptors (Lipinski definition) is 3. The number of halogens is 2. The fourth-order valence-electron chi connectivity index (χ4n) is 2.03. The van der Waals surface area contributed by atoms with Crippen molar-refractivity contribution in [3.63, 3.8) is 0 Å². The average molecular weight is 289 g/mol. The van der Waals surface area contributed by atoms with Crippen molar-refractivity contribution in [3.05, 3.63) is 53.6 Å². The largest absolute Gasteiger partial charge is 0.382 e. The van der Waals surface area contributed by atoms with Gasteiger partial charge in [0.1, 0.15) is 5.82 Å². The molecule has 0 saturated heterocycles. The Hall–Kier alpha value is -2.40. The fourth-order valence-corrected chi connectivity index (χ4v) is 2.14. The van der Waals surface area contributed by atoms with Gasteiger partial charge in [-0.05, 0) is 29.8 Å². The summed E-state index contributed by atoms with van der Waals surface area (Å²) in [5.41, 5.74) is 8.74. The molecule has 0 aliphatic rings. The summed E-state index contributed by atoms with van der Waals surface area (Å²) < 4.78 is 13.6. The number of benzene rings is 1. The van der Waals surface area contributed by atoms with Crippen LogP contribution in [0.1, 0.15) is 0 Å². The number of pyridine rings is 1. The zero-order valence-corrected chi connectivity index (χ0v) is 11.0. The number of rotatable bonds is 2. The molecule has 0 aliphatic carbocycles. The molecular weight excluding hydrogens is 279 g/mol. The summed E-state index contributed by atoms with van der Waals surface area (Å²) in [5.74, 6) is -0.139. The Kier molecular flexibility index (Phi) is 3.12. The van der Waals surface area contributed by atoms with E-state index in [4.69, 9.17) is 17.3 Å². The average Bonchev–Trinajstić information content (AvgIpc) is 2.85. The number of nitrogen functional groups attached to an aromatic ring is 1. The maximum absolute atomic E-state index is 13.6. The van der Waals surface area contributed by atoms with Gasteiger partial charge >= 0.3 is 0 Å². The third kappa shape index (κ3) is 2.12. The van der Waals surface area contributed by atoms with E-state index in [-0.39, 0.29) is 5.02 Å². The third-order valence-corrected chi connectivity index (χ3v) is 3.28. The van der Waals surface area contributed by atoms with Crippen LogP contribution in [0.25, 0.3) is 22.4 Å². The predicted molar refractivity (Wildman–Crippen MR) is 76.6 cm³/mol. The van der Waals surface area contributed by atoms with Crippen molar-refractivity contribution >= 4 is 17.4 Å². The van der Waals surface area contributed by atoms with Crippen molar-refractivity contribution in [2.75, 3.05) is 5.73 Å². The van der Waals surface area contributed by atoms with Gasteiger partial charge < -0.3 is 5.73 Å². The molecule has 1 aromatic carbocycles. The van der Waals surface area contributed by atoms with Crippen LogP contribution < -0.4 is 5.73 Å². The van der Waals surface area contributed by atoms with Crippen LogP contribution in [0.15, 0.2) is 42.7 Å². The van der Waals surface area contributed by atoms with Gasteiger partial charge in [0, 0.05) is 18.0 Å². The SMILES string of the molecule is Nc1n[nH]c(-c2ccc(Cl)c(F)c2)c1-c1ccncc1. The van der Waals surface area contributed by atoms with Crippen LogP contribution in [0, 0.1) is 5.82 Å². The van der Waals surface area contributed by atoms with Crippen LogP contribution in [-0.4, -0.2) is 15.2 Å². The van der Waals surface area contributed by atoms with Crippen molar-refractivity contribution in [3.8, 4) is 22.4 Å². The van der Waals surface area contributed by atoms with Crippen molar-refractivity contribution in [1.82, 2.24) is 15.2 Å². The zero-order chi connectivity index (χ0) is 14.1. The summed E-state index contributed by atoms with van der Waals surface area (Å²) in [7, 11) is 0. The van der Waals surface area contributed by atoms with Crippen LogP contribution in [0.3, 0.4) is 0 Å². The normalized spacial score (nSPS) is 10.7. The Labute approximate surface area is 119 Å². The molecule has 4 nitrogen and oxygen atoms in total. The fraction of sp³-hybridized carbons (Fsp3) is 0. The number of nitrogens with one attached hydrogen (secondary N) is 1. The molecule has 20 heavy (non-hydrogen) atoms. The topological polar surface area (TPSA) is 67.6 Å². The van der Waals surface area contributed by atoms with Crippen molar-refractivity contribution in [2.24, 2.45) is 0 Å². The second-order valence-corrected chi connectivity index (χ2v) is 4.63. The molecule has 0 aliphatic heterocycles. The summed E-state index contributed by atoms with van der Waals surface area (Å²) in [6.07, 6.45) is 3.32. The minimum atomic E-state index is -0.488. The van der Waals surface area contributed by atoms with Crippen LogP contribution in [0.2, 0.25) is 5.02 Å². The van der Waals surface area contributed by atoms with Gasteiger partial charge in [-0.3, -0.25) is 10.1 Å². The monoisotopic (exact) mass is 288 g/mol. The van der Waals surface area contributed by atoms with E-state index in [1.54, 1.807) is 18.5 Å². The number of aromatic nitrogens is 3. The van der Waals surface area contributed by atoms with Gasteiger partial charge in [0.25, 0.3) is 0 Å². The van der Waals surface area contributed by atoms with Crippen LogP contribution in [0.4, 0.5) is 10.2 Å². The summed E-state index contributed by atoms with van der Waals surface area (Å²) in [6.45, 7) is 0. The van der Waals surface area contributed by atoms with E-state index in [0.29, 0.717) is 22.6 Å². The Bertz CT molecular complexity index is 755. The van der Waals surface area contributed by atoms with Gasteiger partial charge in [0.2, 0.25) is 0 Å². The van der Waals surface area contributed by atoms with E-state index in [9.17, 15) is 4.39 Å². The standard InChI is InChI=1S/C14H10ClFN4/c15-10-2-1-9(7-11(10)16)13-12(14(17)20-19-13)8-3-5-18-6-4-8/h1-7H,(H3,17,19,20). The zero-order valence-electron chi connectivity index (χ0n) is 10.3. The molecule has 0 saturated carbocycles. The van der Waals surface area contributed by atoms with E-state index >= 15 is 0 Å². The first-order chi connectivity index (χ1) is 9.66. The first-order valence-corrected chi connectivity index (χ1v) is 6.24. The van der Waals surface area contributed by atoms with E-state index < -0.39 is 5.82 Å². The van der Waals surface area contributed by atoms with Crippen molar-refractivity contribution in [1.29, 1.82) is 0 Å². The van der Waals surface area contributed by atoms with Gasteiger partial charge in [-0.1, -0.05) is 17.7 Å². The summed E-state index contributed by atoms with van der Waals surface area (Å²) in [5, 5.41) is 6.90. The maximum Gasteiger partial charge on any atom is 0.153 e. The molecule has 0 unspecified atom stereocenters. The van der Waals surface area contributed by atoms with Crippen molar-refractivity contribution in [2.45, 2.75) is 0 Å². The highest BCUT2D eigenvalue weighted by Crippen LogP contribution is 2.35. The quantitative estimate of drug-likeness (QED) is 0.758. The van der Waals surface area contributed by atoms with Crippen molar-refractivity contribution < 1.29 is 4.39 Å². The number of nitrogens with two attached hydrogens (primary N) is 1. The molecule has 2 heterocycles. The number of aromatic amines is 1. The molecule has 3 aromatic rings. The molecule has 0 atom stereocenters. The molecule has 3 N–H and O–H groups in total. The van der Waals surface area contributed by atoms with Gasteiger partial charge in [-0.25, -0.2) is 4.39 Å². The molecule has 0 spiro atoms. The highest BCUT2D eigenvalue weighted by molar-refractivity contribution is 6.30. The third-order valence-electron chi connectivity index (χ3n) is 2.97. The molecule has 0 bridgehead atoms. The lowest BCUT2D eigenvalue weighted by Crippen LogP contribution is -1.89. The second-order valence-electron chi connectivity index (χ2n) is 4.22.